The predicted molar refractivity (Wildman–Crippen MR) is 93.1 cm³/mol. The second-order valence-corrected chi connectivity index (χ2v) is 6.13. The smallest absolute Gasteiger partial charge is 0.0739 e. The quantitative estimate of drug-likeness (QED) is 0.823. The van der Waals surface area contributed by atoms with Crippen molar-refractivity contribution in [2.45, 2.75) is 26.3 Å². The molecule has 0 unspecified atom stereocenters. The Labute approximate surface area is 139 Å². The second kappa shape index (κ2) is 6.28. The van der Waals surface area contributed by atoms with Crippen LogP contribution in [0.3, 0.4) is 0 Å². The Hall–Kier alpha value is -1.20. The van der Waals surface area contributed by atoms with Crippen LogP contribution in [0.1, 0.15) is 23.4 Å². The summed E-state index contributed by atoms with van der Waals surface area (Å²) in [5, 5.41) is 4.47. The van der Waals surface area contributed by atoms with E-state index < -0.39 is 0 Å². The Bertz CT molecular complexity index is 653. The average Bonchev–Trinajstić information content (AvgIpc) is 2.66. The molecule has 0 radical (unpaired) electrons. The number of rotatable bonds is 2. The van der Waals surface area contributed by atoms with Gasteiger partial charge in [-0.05, 0) is 53.4 Å². The van der Waals surface area contributed by atoms with E-state index in [1.165, 1.54) is 16.9 Å². The highest BCUT2D eigenvalue weighted by molar-refractivity contribution is 9.10. The topological polar surface area (TPSA) is 47.1 Å². The van der Waals surface area contributed by atoms with Crippen LogP contribution in [-0.4, -0.2) is 16.3 Å². The maximum absolute atomic E-state index is 6.11. The molecular formula is C15H20BrClN4. The fraction of sp³-hybridized carbons (Fsp3) is 0.400. The predicted octanol–water partition coefficient (Wildman–Crippen LogP) is 3.45. The van der Waals surface area contributed by atoms with Crippen LogP contribution in [0, 0.1) is 6.92 Å². The van der Waals surface area contributed by atoms with E-state index >= 15 is 0 Å². The first-order valence-corrected chi connectivity index (χ1v) is 7.67. The van der Waals surface area contributed by atoms with Crippen molar-refractivity contribution >= 4 is 39.7 Å². The van der Waals surface area contributed by atoms with Gasteiger partial charge in [0.15, 0.2) is 0 Å². The summed E-state index contributed by atoms with van der Waals surface area (Å²) in [6, 6.07) is 6.20. The molecule has 2 N–H and O–H groups in total. The third-order valence-corrected chi connectivity index (χ3v) is 5.02. The molecule has 21 heavy (non-hydrogen) atoms. The van der Waals surface area contributed by atoms with Gasteiger partial charge in [-0.3, -0.25) is 4.68 Å². The van der Waals surface area contributed by atoms with Crippen molar-refractivity contribution in [3.05, 3.63) is 39.6 Å². The summed E-state index contributed by atoms with van der Waals surface area (Å²) in [6.07, 6.45) is 2.22. The number of hydrogen-bond donors (Lipinski definition) is 1. The molecule has 114 valence electrons. The van der Waals surface area contributed by atoms with Crippen LogP contribution >= 0.6 is 28.3 Å². The summed E-state index contributed by atoms with van der Waals surface area (Å²) in [5.41, 5.74) is 11.8. The van der Waals surface area contributed by atoms with Gasteiger partial charge in [0.05, 0.1) is 22.4 Å². The van der Waals surface area contributed by atoms with Crippen molar-refractivity contribution < 1.29 is 0 Å². The molecule has 3 rings (SSSR count). The summed E-state index contributed by atoms with van der Waals surface area (Å²) in [6.45, 7) is 3.94. The molecule has 0 fully saturated rings. The standard InChI is InChI=1S/C15H19BrN4.ClH/c1-10-15(16)14(19(2)18-10)9-20-8-4-5-11-12(17)6-3-7-13(11)20;/h3,6-7H,4-5,8-9,17H2,1-2H3;1H. The highest BCUT2D eigenvalue weighted by atomic mass is 79.9. The number of nitrogens with zero attached hydrogens (tertiary/aromatic N) is 3. The van der Waals surface area contributed by atoms with E-state index in [0.29, 0.717) is 0 Å². The van der Waals surface area contributed by atoms with Crippen LogP contribution in [0.5, 0.6) is 0 Å². The maximum atomic E-state index is 6.11. The van der Waals surface area contributed by atoms with E-state index in [9.17, 15) is 0 Å². The molecule has 4 nitrogen and oxygen atoms in total. The first kappa shape index (κ1) is 16.2. The number of halogens is 2. The van der Waals surface area contributed by atoms with Crippen LogP contribution in [-0.2, 0) is 20.0 Å². The minimum Gasteiger partial charge on any atom is -0.398 e. The number of aryl methyl sites for hydroxylation is 2. The average molecular weight is 372 g/mol. The summed E-state index contributed by atoms with van der Waals surface area (Å²) in [7, 11) is 2.00. The molecule has 0 amide bonds. The molecule has 0 spiro atoms. The zero-order valence-corrected chi connectivity index (χ0v) is 14.7. The lowest BCUT2D eigenvalue weighted by Gasteiger charge is -2.32. The first-order chi connectivity index (χ1) is 9.58. The lowest BCUT2D eigenvalue weighted by atomic mass is 10.00. The Balaban J connectivity index is 0.00000161. The SMILES string of the molecule is Cc1nn(C)c(CN2CCCc3c(N)cccc32)c1Br.Cl. The van der Waals surface area contributed by atoms with E-state index in [0.717, 1.165) is 41.8 Å². The highest BCUT2D eigenvalue weighted by Gasteiger charge is 2.21. The number of nitrogens with two attached hydrogens (primary N) is 1. The van der Waals surface area contributed by atoms with Crippen molar-refractivity contribution in [2.75, 3.05) is 17.2 Å². The molecule has 0 saturated carbocycles. The largest absolute Gasteiger partial charge is 0.398 e. The van der Waals surface area contributed by atoms with Gasteiger partial charge in [0.2, 0.25) is 0 Å². The molecule has 0 saturated heterocycles. The Kier molecular flexibility index (Phi) is 4.84. The highest BCUT2D eigenvalue weighted by Crippen LogP contribution is 2.33. The summed E-state index contributed by atoms with van der Waals surface area (Å²) < 4.78 is 3.07. The number of fused-ring (bicyclic) bond motifs is 1. The number of nitrogen functional groups attached to an aromatic ring is 1. The Morgan fingerprint density at radius 2 is 2.14 bits per heavy atom. The van der Waals surface area contributed by atoms with E-state index in [1.807, 2.05) is 30.8 Å². The fourth-order valence-corrected chi connectivity index (χ4v) is 3.39. The van der Waals surface area contributed by atoms with Gasteiger partial charge in [-0.25, -0.2) is 0 Å². The zero-order valence-electron chi connectivity index (χ0n) is 12.3. The van der Waals surface area contributed by atoms with Crippen LogP contribution in [0.25, 0.3) is 0 Å². The molecule has 2 aromatic rings. The van der Waals surface area contributed by atoms with E-state index in [4.69, 9.17) is 5.73 Å². The van der Waals surface area contributed by atoms with Crippen molar-refractivity contribution in [1.82, 2.24) is 9.78 Å². The van der Waals surface area contributed by atoms with Gasteiger partial charge in [0.25, 0.3) is 0 Å². The van der Waals surface area contributed by atoms with Crippen molar-refractivity contribution in [2.24, 2.45) is 7.05 Å². The molecule has 0 bridgehead atoms. The molecule has 1 aliphatic rings. The summed E-state index contributed by atoms with van der Waals surface area (Å²) >= 11 is 3.65. The van der Waals surface area contributed by atoms with Gasteiger partial charge >= 0.3 is 0 Å². The molecule has 6 heteroatoms. The van der Waals surface area contributed by atoms with Crippen molar-refractivity contribution in [3.8, 4) is 0 Å². The van der Waals surface area contributed by atoms with Gasteiger partial charge in [0, 0.05) is 25.0 Å². The Morgan fingerprint density at radius 3 is 2.81 bits per heavy atom. The monoisotopic (exact) mass is 370 g/mol. The van der Waals surface area contributed by atoms with Crippen LogP contribution in [0.15, 0.2) is 22.7 Å². The Morgan fingerprint density at radius 1 is 1.38 bits per heavy atom. The summed E-state index contributed by atoms with van der Waals surface area (Å²) in [5.74, 6) is 0. The molecule has 1 aliphatic heterocycles. The summed E-state index contributed by atoms with van der Waals surface area (Å²) in [4.78, 5) is 2.40. The third-order valence-electron chi connectivity index (χ3n) is 3.99. The van der Waals surface area contributed by atoms with E-state index in [2.05, 4.69) is 32.0 Å². The lowest BCUT2D eigenvalue weighted by molar-refractivity contribution is 0.642. The lowest BCUT2D eigenvalue weighted by Crippen LogP contribution is -2.30. The number of benzene rings is 1. The van der Waals surface area contributed by atoms with E-state index in [1.54, 1.807) is 0 Å². The third kappa shape index (κ3) is 2.90. The number of hydrogen-bond acceptors (Lipinski definition) is 3. The van der Waals surface area contributed by atoms with Gasteiger partial charge < -0.3 is 10.6 Å². The minimum atomic E-state index is 0. The van der Waals surface area contributed by atoms with Gasteiger partial charge in [-0.15, -0.1) is 12.4 Å². The molecule has 1 aromatic heterocycles. The van der Waals surface area contributed by atoms with Crippen LogP contribution in [0.2, 0.25) is 0 Å². The van der Waals surface area contributed by atoms with Crippen molar-refractivity contribution in [1.29, 1.82) is 0 Å². The zero-order chi connectivity index (χ0) is 14.3. The number of aromatic nitrogens is 2. The maximum Gasteiger partial charge on any atom is 0.0739 e. The number of anilines is 2. The molecule has 0 aliphatic carbocycles. The molecular weight excluding hydrogens is 352 g/mol. The fourth-order valence-electron chi connectivity index (χ4n) is 2.92. The van der Waals surface area contributed by atoms with Crippen molar-refractivity contribution in [3.63, 3.8) is 0 Å². The van der Waals surface area contributed by atoms with Gasteiger partial charge in [-0.1, -0.05) is 6.07 Å². The molecule has 0 atom stereocenters. The van der Waals surface area contributed by atoms with Crippen LogP contribution < -0.4 is 10.6 Å². The second-order valence-electron chi connectivity index (χ2n) is 5.34. The molecule has 2 heterocycles. The molecule has 1 aromatic carbocycles. The van der Waals surface area contributed by atoms with Crippen LogP contribution in [0.4, 0.5) is 11.4 Å². The van der Waals surface area contributed by atoms with Gasteiger partial charge in [0.1, 0.15) is 0 Å². The minimum absolute atomic E-state index is 0. The van der Waals surface area contributed by atoms with E-state index in [-0.39, 0.29) is 12.4 Å². The first-order valence-electron chi connectivity index (χ1n) is 6.88. The normalized spacial score (nSPS) is 13.8. The van der Waals surface area contributed by atoms with Gasteiger partial charge in [-0.2, -0.15) is 5.10 Å².